The maximum Gasteiger partial charge on any atom is 0.309 e. The number of hydrogen-bond acceptors (Lipinski definition) is 2. The van der Waals surface area contributed by atoms with Gasteiger partial charge in [-0.3, -0.25) is 4.79 Å². The minimum atomic E-state index is -0.538. The lowest BCUT2D eigenvalue weighted by Crippen LogP contribution is -2.67. The van der Waals surface area contributed by atoms with Crippen LogP contribution >= 0.6 is 0 Å². The highest BCUT2D eigenvalue weighted by Crippen LogP contribution is 2.77. The molecule has 0 amide bonds. The summed E-state index contributed by atoms with van der Waals surface area (Å²) < 4.78 is 0. The van der Waals surface area contributed by atoms with E-state index in [1.54, 1.807) is 0 Å². The van der Waals surface area contributed by atoms with E-state index in [0.29, 0.717) is 23.7 Å². The number of hydrogen-bond donors (Lipinski definition) is 2. The van der Waals surface area contributed by atoms with Gasteiger partial charge in [0, 0.05) is 0 Å². The molecule has 3 heteroatoms. The van der Waals surface area contributed by atoms with E-state index in [9.17, 15) is 15.0 Å². The number of fused-ring (bicyclic) bond motifs is 7. The smallest absolute Gasteiger partial charge is 0.309 e. The number of carboxylic acid groups (broad SMARTS) is 1. The van der Waals surface area contributed by atoms with Gasteiger partial charge in [0.25, 0.3) is 0 Å². The maximum absolute atomic E-state index is 12.8. The van der Waals surface area contributed by atoms with E-state index in [2.05, 4.69) is 48.1 Å². The summed E-state index contributed by atoms with van der Waals surface area (Å²) in [5.74, 6) is 1.79. The maximum atomic E-state index is 12.8. The topological polar surface area (TPSA) is 57.5 Å². The normalized spacial score (nSPS) is 55.0. The van der Waals surface area contributed by atoms with Gasteiger partial charge >= 0.3 is 5.97 Å². The third-order valence-electron chi connectivity index (χ3n) is 13.5. The molecule has 0 aromatic carbocycles. The first-order valence-electron chi connectivity index (χ1n) is 13.8. The Morgan fingerprint density at radius 1 is 0.818 bits per heavy atom. The fourth-order valence-electron chi connectivity index (χ4n) is 11.5. The molecule has 0 spiro atoms. The molecule has 33 heavy (non-hydrogen) atoms. The molecule has 0 aromatic rings. The molecule has 3 nitrogen and oxygen atoms in total. The van der Waals surface area contributed by atoms with Crippen LogP contribution in [0.3, 0.4) is 0 Å². The monoisotopic (exact) mass is 456 g/mol. The molecule has 0 saturated heterocycles. The lowest BCUT2D eigenvalue weighted by Gasteiger charge is -2.72. The van der Waals surface area contributed by atoms with Gasteiger partial charge in [0.05, 0.1) is 11.5 Å². The van der Waals surface area contributed by atoms with E-state index < -0.39 is 11.4 Å². The Morgan fingerprint density at radius 3 is 2.15 bits per heavy atom. The molecule has 5 aliphatic rings. The van der Waals surface area contributed by atoms with Crippen molar-refractivity contribution in [1.29, 1.82) is 0 Å². The van der Waals surface area contributed by atoms with Gasteiger partial charge in [-0.05, 0) is 122 Å². The Morgan fingerprint density at radius 2 is 1.52 bits per heavy atom. The van der Waals surface area contributed by atoms with E-state index >= 15 is 0 Å². The average Bonchev–Trinajstić information content (AvgIpc) is 3.13. The quantitative estimate of drug-likeness (QED) is 0.436. The van der Waals surface area contributed by atoms with Gasteiger partial charge < -0.3 is 10.2 Å². The van der Waals surface area contributed by atoms with Crippen LogP contribution in [0.25, 0.3) is 0 Å². The van der Waals surface area contributed by atoms with Crippen LogP contribution in [-0.4, -0.2) is 22.3 Å². The number of carbonyl (C=O) groups is 1. The van der Waals surface area contributed by atoms with Crippen molar-refractivity contribution in [3.8, 4) is 0 Å². The molecular weight excluding hydrogens is 408 g/mol. The van der Waals surface area contributed by atoms with E-state index in [4.69, 9.17) is 0 Å². The van der Waals surface area contributed by atoms with Gasteiger partial charge in [0.15, 0.2) is 0 Å². The molecule has 5 fully saturated rings. The predicted molar refractivity (Wildman–Crippen MR) is 133 cm³/mol. The molecule has 5 saturated carbocycles. The van der Waals surface area contributed by atoms with Crippen LogP contribution < -0.4 is 0 Å². The summed E-state index contributed by atoms with van der Waals surface area (Å²) in [7, 11) is 0. The van der Waals surface area contributed by atoms with Gasteiger partial charge in [-0.15, -0.1) is 0 Å². The lowest BCUT2D eigenvalue weighted by atomic mass is 9.32. The predicted octanol–water partition coefficient (Wildman–Crippen LogP) is 7.09. The average molecular weight is 457 g/mol. The summed E-state index contributed by atoms with van der Waals surface area (Å²) in [6.07, 6.45) is 10.5. The number of aliphatic hydroxyl groups excluding tert-OH is 1. The number of allylic oxidation sites excluding steroid dienone is 1. The first-order valence-corrected chi connectivity index (χ1v) is 13.8. The van der Waals surface area contributed by atoms with Gasteiger partial charge in [0.1, 0.15) is 0 Å². The number of rotatable bonds is 2. The minimum absolute atomic E-state index is 0.0202. The molecule has 0 aromatic heterocycles. The van der Waals surface area contributed by atoms with Gasteiger partial charge in [-0.1, -0.05) is 46.8 Å². The second-order valence-electron chi connectivity index (χ2n) is 14.5. The lowest BCUT2D eigenvalue weighted by molar-refractivity contribution is -0.248. The van der Waals surface area contributed by atoms with Crippen LogP contribution in [0.4, 0.5) is 0 Å². The molecule has 0 aliphatic heterocycles. The zero-order valence-electron chi connectivity index (χ0n) is 22.0. The highest BCUT2D eigenvalue weighted by molar-refractivity contribution is 5.76. The molecular formula is C30H48O3. The second-order valence-corrected chi connectivity index (χ2v) is 14.5. The molecule has 2 N–H and O–H groups in total. The Labute approximate surface area is 201 Å². The van der Waals surface area contributed by atoms with Crippen molar-refractivity contribution in [1.82, 2.24) is 0 Å². The SMILES string of the molecule is C=C(C)[C@@H]1CC[C@]2(C(=O)O)CC[C@]3(C)C(CCC4C3(C)CCC3C(C)(C)C(O)CC[C@@]34C)C12. The van der Waals surface area contributed by atoms with E-state index in [-0.39, 0.29) is 33.7 Å². The van der Waals surface area contributed by atoms with Gasteiger partial charge in [-0.25, -0.2) is 0 Å². The Hall–Kier alpha value is -0.830. The third kappa shape index (κ3) is 2.75. The second kappa shape index (κ2) is 7.11. The van der Waals surface area contributed by atoms with Crippen LogP contribution in [-0.2, 0) is 4.79 Å². The fourth-order valence-corrected chi connectivity index (χ4v) is 11.5. The van der Waals surface area contributed by atoms with Crippen molar-refractivity contribution in [2.45, 2.75) is 112 Å². The van der Waals surface area contributed by atoms with E-state index in [1.807, 2.05) is 0 Å². The summed E-state index contributed by atoms with van der Waals surface area (Å²) in [5.41, 5.74) is 1.35. The van der Waals surface area contributed by atoms with Crippen LogP contribution in [0.15, 0.2) is 12.2 Å². The summed E-state index contributed by atoms with van der Waals surface area (Å²) >= 11 is 0. The number of carboxylic acids is 1. The highest BCUT2D eigenvalue weighted by atomic mass is 16.4. The van der Waals surface area contributed by atoms with Crippen LogP contribution in [0.1, 0.15) is 106 Å². The molecule has 10 atom stereocenters. The van der Waals surface area contributed by atoms with E-state index in [0.717, 1.165) is 38.5 Å². The van der Waals surface area contributed by atoms with Crippen molar-refractivity contribution in [2.75, 3.05) is 0 Å². The number of aliphatic hydroxyl groups is 1. The molecule has 0 radical (unpaired) electrons. The first kappa shape index (κ1) is 23.9. The Kier molecular flexibility index (Phi) is 5.15. The molecule has 0 heterocycles. The zero-order chi connectivity index (χ0) is 24.2. The number of aliphatic carboxylic acids is 1. The summed E-state index contributed by atoms with van der Waals surface area (Å²) in [6.45, 7) is 18.8. The van der Waals surface area contributed by atoms with Crippen LogP contribution in [0, 0.1) is 56.7 Å². The standard InChI is InChI=1S/C30H48O3/c1-18(2)19-10-15-30(25(32)33)17-16-28(6)20(24(19)30)8-9-22-27(5)13-12-23(31)26(3,4)21(27)11-14-29(22,28)7/h19-24,31H,1,8-17H2,2-7H3,(H,32,33)/t19-,20?,21?,22?,23?,24?,27-,28+,29?,30-/m0/s1. The van der Waals surface area contributed by atoms with Crippen LogP contribution in [0.5, 0.6) is 0 Å². The van der Waals surface area contributed by atoms with Crippen molar-refractivity contribution in [2.24, 2.45) is 56.7 Å². The highest BCUT2D eigenvalue weighted by Gasteiger charge is 2.71. The first-order chi connectivity index (χ1) is 15.3. The molecule has 0 bridgehead atoms. The van der Waals surface area contributed by atoms with Crippen molar-refractivity contribution in [3.05, 3.63) is 12.2 Å². The van der Waals surface area contributed by atoms with Crippen LogP contribution in [0.2, 0.25) is 0 Å². The van der Waals surface area contributed by atoms with E-state index in [1.165, 1.54) is 31.3 Å². The summed E-state index contributed by atoms with van der Waals surface area (Å²) in [6, 6.07) is 0. The summed E-state index contributed by atoms with van der Waals surface area (Å²) in [4.78, 5) is 12.8. The van der Waals surface area contributed by atoms with Crippen molar-refractivity contribution in [3.63, 3.8) is 0 Å². The summed E-state index contributed by atoms with van der Waals surface area (Å²) in [5, 5.41) is 21.4. The van der Waals surface area contributed by atoms with Gasteiger partial charge in [0.2, 0.25) is 0 Å². The van der Waals surface area contributed by atoms with Gasteiger partial charge in [-0.2, -0.15) is 0 Å². The molecule has 186 valence electrons. The molecule has 5 rings (SSSR count). The molecule has 5 aliphatic carbocycles. The minimum Gasteiger partial charge on any atom is -0.481 e. The Bertz CT molecular complexity index is 861. The molecule has 6 unspecified atom stereocenters. The van der Waals surface area contributed by atoms with Crippen molar-refractivity contribution >= 4 is 5.97 Å². The third-order valence-corrected chi connectivity index (χ3v) is 13.5. The zero-order valence-corrected chi connectivity index (χ0v) is 22.0. The largest absolute Gasteiger partial charge is 0.481 e. The fraction of sp³-hybridized carbons (Fsp3) is 0.900. The Balaban J connectivity index is 1.57. The van der Waals surface area contributed by atoms with Crippen molar-refractivity contribution < 1.29 is 15.0 Å².